The summed E-state index contributed by atoms with van der Waals surface area (Å²) in [5, 5.41) is 9.85. The number of ether oxygens (including phenoxy) is 1. The molecule has 2 amide bonds. The normalized spacial score (nSPS) is 18.6. The summed E-state index contributed by atoms with van der Waals surface area (Å²) in [7, 11) is 0. The molecule has 31 heavy (non-hydrogen) atoms. The van der Waals surface area contributed by atoms with Crippen LogP contribution >= 0.6 is 12.2 Å². The summed E-state index contributed by atoms with van der Waals surface area (Å²) in [4.78, 5) is 26.9. The van der Waals surface area contributed by atoms with E-state index in [-0.39, 0.29) is 30.5 Å². The predicted molar refractivity (Wildman–Crippen MR) is 121 cm³/mol. The fourth-order valence-electron chi connectivity index (χ4n) is 4.09. The Morgan fingerprint density at radius 1 is 1.23 bits per heavy atom. The summed E-state index contributed by atoms with van der Waals surface area (Å²) in [5.74, 6) is 1.22. The number of aromatic amines is 1. The number of rotatable bonds is 8. The summed E-state index contributed by atoms with van der Waals surface area (Å²) in [6.07, 6.45) is 3.81. The number of hydrogen-bond donors (Lipinski definition) is 2. The maximum Gasteiger partial charge on any atom is 0.260 e. The molecule has 2 unspecified atom stereocenters. The van der Waals surface area contributed by atoms with Crippen LogP contribution in [0.1, 0.15) is 56.2 Å². The first-order valence-electron chi connectivity index (χ1n) is 10.9. The molecule has 1 aliphatic rings. The lowest BCUT2D eigenvalue weighted by Crippen LogP contribution is -2.49. The number of benzene rings is 1. The fourth-order valence-corrected chi connectivity index (χ4v) is 4.37. The van der Waals surface area contributed by atoms with Gasteiger partial charge in [-0.25, -0.2) is 0 Å². The Balaban J connectivity index is 1.47. The number of nitrogens with one attached hydrogen (secondary N) is 2. The van der Waals surface area contributed by atoms with E-state index in [1.54, 1.807) is 24.3 Å². The molecule has 3 rings (SSSR count). The number of nitrogens with zero attached hydrogens (tertiary/aromatic N) is 3. The SMILES string of the molecule is CCn1c(CCNC(=O)c2ccc(OCC(=O)N3C(C)CCCC3C)cc2)n[nH]c1=S. The summed E-state index contributed by atoms with van der Waals surface area (Å²) in [6, 6.07) is 7.32. The number of piperidine rings is 1. The summed E-state index contributed by atoms with van der Waals surface area (Å²) >= 11 is 5.17. The highest BCUT2D eigenvalue weighted by molar-refractivity contribution is 7.71. The predicted octanol–water partition coefficient (Wildman–Crippen LogP) is 3.10. The van der Waals surface area contributed by atoms with Crippen molar-refractivity contribution in [3.05, 3.63) is 40.4 Å². The van der Waals surface area contributed by atoms with Gasteiger partial charge >= 0.3 is 0 Å². The molecule has 1 aliphatic heterocycles. The molecule has 9 heteroatoms. The van der Waals surface area contributed by atoms with Crippen molar-refractivity contribution < 1.29 is 14.3 Å². The van der Waals surface area contributed by atoms with E-state index < -0.39 is 0 Å². The van der Waals surface area contributed by atoms with Gasteiger partial charge in [-0.05, 0) is 76.5 Å². The van der Waals surface area contributed by atoms with Crippen LogP contribution in [0, 0.1) is 4.77 Å². The van der Waals surface area contributed by atoms with Crippen LogP contribution in [-0.4, -0.2) is 56.7 Å². The van der Waals surface area contributed by atoms with Crippen molar-refractivity contribution in [2.75, 3.05) is 13.2 Å². The van der Waals surface area contributed by atoms with Crippen molar-refractivity contribution in [3.8, 4) is 5.75 Å². The van der Waals surface area contributed by atoms with Crippen LogP contribution in [0.2, 0.25) is 0 Å². The van der Waals surface area contributed by atoms with E-state index in [4.69, 9.17) is 17.0 Å². The smallest absolute Gasteiger partial charge is 0.260 e. The van der Waals surface area contributed by atoms with Crippen LogP contribution < -0.4 is 10.1 Å². The molecule has 0 bridgehead atoms. The quantitative estimate of drug-likeness (QED) is 0.609. The van der Waals surface area contributed by atoms with Gasteiger partial charge < -0.3 is 19.5 Å². The number of carbonyl (C=O) groups is 2. The molecule has 2 aromatic rings. The molecule has 1 saturated heterocycles. The molecule has 2 heterocycles. The van der Waals surface area contributed by atoms with Gasteiger partial charge in [0, 0.05) is 37.2 Å². The zero-order valence-corrected chi connectivity index (χ0v) is 19.2. The standard InChI is InChI=1S/C22H31N5O3S/c1-4-26-19(24-25-22(26)31)12-13-23-21(29)17-8-10-18(11-9-17)30-14-20(28)27-15(2)6-5-7-16(27)3/h8-11,15-16H,4-7,12-14H2,1-3H3,(H,23,29)(H,25,31). The Labute approximate surface area is 188 Å². The lowest BCUT2D eigenvalue weighted by Gasteiger charge is -2.38. The second-order valence-corrected chi connectivity index (χ2v) is 8.32. The number of aromatic nitrogens is 3. The lowest BCUT2D eigenvalue weighted by atomic mass is 9.97. The maximum absolute atomic E-state index is 12.6. The first-order valence-corrected chi connectivity index (χ1v) is 11.3. The Morgan fingerprint density at radius 2 is 1.90 bits per heavy atom. The highest BCUT2D eigenvalue weighted by Gasteiger charge is 2.28. The molecule has 1 aromatic carbocycles. The molecule has 2 N–H and O–H groups in total. The van der Waals surface area contributed by atoms with Gasteiger partial charge in [0.05, 0.1) is 0 Å². The van der Waals surface area contributed by atoms with Gasteiger partial charge in [0.2, 0.25) is 0 Å². The van der Waals surface area contributed by atoms with Crippen molar-refractivity contribution in [1.82, 2.24) is 25.0 Å². The van der Waals surface area contributed by atoms with Crippen LogP contribution in [0.3, 0.4) is 0 Å². The van der Waals surface area contributed by atoms with Gasteiger partial charge in [0.25, 0.3) is 11.8 Å². The number of H-pyrrole nitrogens is 1. The lowest BCUT2D eigenvalue weighted by molar-refractivity contribution is -0.139. The summed E-state index contributed by atoms with van der Waals surface area (Å²) < 4.78 is 8.16. The highest BCUT2D eigenvalue weighted by Crippen LogP contribution is 2.23. The Kier molecular flexibility index (Phi) is 7.84. The van der Waals surface area contributed by atoms with Gasteiger partial charge in [-0.1, -0.05) is 0 Å². The maximum atomic E-state index is 12.6. The van der Waals surface area contributed by atoms with Crippen molar-refractivity contribution in [2.45, 2.75) is 65.1 Å². The average molecular weight is 446 g/mol. The topological polar surface area (TPSA) is 92.2 Å². The van der Waals surface area contributed by atoms with Crippen LogP contribution in [0.25, 0.3) is 0 Å². The third-order valence-corrected chi connectivity index (χ3v) is 6.06. The zero-order valence-electron chi connectivity index (χ0n) is 18.4. The molecule has 0 aliphatic carbocycles. The van der Waals surface area contributed by atoms with Gasteiger partial charge in [-0.15, -0.1) is 0 Å². The minimum atomic E-state index is -0.171. The van der Waals surface area contributed by atoms with Crippen LogP contribution in [0.5, 0.6) is 5.75 Å². The molecule has 1 aromatic heterocycles. The van der Waals surface area contributed by atoms with Crippen molar-refractivity contribution in [3.63, 3.8) is 0 Å². The Morgan fingerprint density at radius 3 is 2.55 bits per heavy atom. The molecular weight excluding hydrogens is 414 g/mol. The van der Waals surface area contributed by atoms with E-state index in [9.17, 15) is 9.59 Å². The zero-order chi connectivity index (χ0) is 22.4. The van der Waals surface area contributed by atoms with E-state index in [1.807, 2.05) is 16.4 Å². The second-order valence-electron chi connectivity index (χ2n) is 7.94. The largest absolute Gasteiger partial charge is 0.484 e. The molecule has 0 radical (unpaired) electrons. The van der Waals surface area contributed by atoms with E-state index in [0.717, 1.165) is 31.6 Å². The van der Waals surface area contributed by atoms with E-state index in [1.165, 1.54) is 0 Å². The molecule has 0 saturated carbocycles. The number of hydrogen-bond acceptors (Lipinski definition) is 5. The minimum absolute atomic E-state index is 0.00596. The Bertz CT molecular complexity index is 943. The fraction of sp³-hybridized carbons (Fsp3) is 0.545. The molecule has 2 atom stereocenters. The van der Waals surface area contributed by atoms with Crippen molar-refractivity contribution in [2.24, 2.45) is 0 Å². The summed E-state index contributed by atoms with van der Waals surface area (Å²) in [5.41, 5.74) is 0.534. The second kappa shape index (κ2) is 10.6. The first-order chi connectivity index (χ1) is 14.9. The third-order valence-electron chi connectivity index (χ3n) is 5.75. The van der Waals surface area contributed by atoms with E-state index in [0.29, 0.717) is 29.0 Å². The molecular formula is C22H31N5O3S. The van der Waals surface area contributed by atoms with Crippen LogP contribution in [0.4, 0.5) is 0 Å². The van der Waals surface area contributed by atoms with Crippen LogP contribution in [0.15, 0.2) is 24.3 Å². The average Bonchev–Trinajstić information content (AvgIpc) is 3.11. The number of carbonyl (C=O) groups excluding carboxylic acids is 2. The highest BCUT2D eigenvalue weighted by atomic mass is 32.1. The van der Waals surface area contributed by atoms with Gasteiger partial charge in [-0.3, -0.25) is 14.7 Å². The third kappa shape index (κ3) is 5.72. The monoisotopic (exact) mass is 445 g/mol. The van der Waals surface area contributed by atoms with E-state index >= 15 is 0 Å². The minimum Gasteiger partial charge on any atom is -0.484 e. The molecule has 8 nitrogen and oxygen atoms in total. The molecule has 1 fully saturated rings. The molecule has 168 valence electrons. The Hall–Kier alpha value is -2.68. The van der Waals surface area contributed by atoms with E-state index in [2.05, 4.69) is 29.4 Å². The van der Waals surface area contributed by atoms with Crippen molar-refractivity contribution >= 4 is 24.0 Å². The van der Waals surface area contributed by atoms with Crippen molar-refractivity contribution in [1.29, 1.82) is 0 Å². The molecule has 0 spiro atoms. The van der Waals surface area contributed by atoms with Gasteiger partial charge in [0.1, 0.15) is 11.6 Å². The van der Waals surface area contributed by atoms with Gasteiger partial charge in [-0.2, -0.15) is 5.10 Å². The van der Waals surface area contributed by atoms with Gasteiger partial charge in [0.15, 0.2) is 11.4 Å². The number of likely N-dealkylation sites (tertiary alicyclic amines) is 1. The summed E-state index contributed by atoms with van der Waals surface area (Å²) in [6.45, 7) is 7.37. The van der Waals surface area contributed by atoms with Crippen LogP contribution in [-0.2, 0) is 17.8 Å². The first kappa shape index (κ1) is 23.0. The number of amides is 2.